The lowest BCUT2D eigenvalue weighted by molar-refractivity contribution is 0.273. The lowest BCUT2D eigenvalue weighted by atomic mass is 10.4. The van der Waals surface area contributed by atoms with Gasteiger partial charge in [-0.2, -0.15) is 4.37 Å². The Labute approximate surface area is 57.1 Å². The summed E-state index contributed by atoms with van der Waals surface area (Å²) in [5.41, 5.74) is 0.752. The number of ether oxygens (including phenoxy) is 1. The van der Waals surface area contributed by atoms with Gasteiger partial charge >= 0.3 is 0 Å². The Hall–Kier alpha value is -0.610. The van der Waals surface area contributed by atoms with Crippen LogP contribution in [0.3, 0.4) is 0 Å². The highest BCUT2D eigenvalue weighted by molar-refractivity contribution is 7.03. The van der Waals surface area contributed by atoms with Gasteiger partial charge in [-0.1, -0.05) is 0 Å². The lowest BCUT2D eigenvalue weighted by Gasteiger charge is -1.93. The number of aromatic nitrogens is 1. The van der Waals surface area contributed by atoms with Gasteiger partial charge < -0.3 is 9.84 Å². The summed E-state index contributed by atoms with van der Waals surface area (Å²) in [4.78, 5) is 0. The summed E-state index contributed by atoms with van der Waals surface area (Å²) in [6.45, 7) is -0.000324. The highest BCUT2D eigenvalue weighted by Crippen LogP contribution is 2.17. The van der Waals surface area contributed by atoms with Crippen LogP contribution in [0.25, 0.3) is 0 Å². The molecular formula is C5H7NO2S. The standard InChI is InChI=1S/C5H7NO2S/c1-8-5-4(2-7)3-9-6-5/h3,7H,2H2,1H3. The Morgan fingerprint density at radius 3 is 3.11 bits per heavy atom. The number of nitrogens with zero attached hydrogens (tertiary/aromatic N) is 1. The molecular weight excluding hydrogens is 138 g/mol. The van der Waals surface area contributed by atoms with Gasteiger partial charge in [-0.3, -0.25) is 0 Å². The third-order valence-electron chi connectivity index (χ3n) is 0.969. The van der Waals surface area contributed by atoms with Crippen molar-refractivity contribution in [3.63, 3.8) is 0 Å². The molecule has 0 fully saturated rings. The van der Waals surface area contributed by atoms with Crippen molar-refractivity contribution in [1.29, 1.82) is 0 Å². The van der Waals surface area contributed by atoms with E-state index in [4.69, 9.17) is 9.84 Å². The van der Waals surface area contributed by atoms with Crippen LogP contribution >= 0.6 is 11.5 Å². The minimum Gasteiger partial charge on any atom is -0.480 e. The van der Waals surface area contributed by atoms with Gasteiger partial charge in [0.05, 0.1) is 19.3 Å². The average Bonchev–Trinajstić information content (AvgIpc) is 2.33. The van der Waals surface area contributed by atoms with Gasteiger partial charge in [-0.05, 0) is 11.5 Å². The lowest BCUT2D eigenvalue weighted by Crippen LogP contribution is -1.87. The molecule has 9 heavy (non-hydrogen) atoms. The van der Waals surface area contributed by atoms with Gasteiger partial charge in [-0.15, -0.1) is 0 Å². The predicted molar refractivity (Wildman–Crippen MR) is 34.6 cm³/mol. The molecule has 1 heterocycles. The monoisotopic (exact) mass is 145 g/mol. The van der Waals surface area contributed by atoms with Gasteiger partial charge in [0.2, 0.25) is 5.88 Å². The van der Waals surface area contributed by atoms with Crippen LogP contribution in [0.15, 0.2) is 5.38 Å². The highest BCUT2D eigenvalue weighted by Gasteiger charge is 2.01. The third kappa shape index (κ3) is 1.20. The molecule has 0 aromatic carbocycles. The fourth-order valence-electron chi connectivity index (χ4n) is 0.520. The zero-order chi connectivity index (χ0) is 6.69. The largest absolute Gasteiger partial charge is 0.480 e. The summed E-state index contributed by atoms with van der Waals surface area (Å²) in [6.07, 6.45) is 0. The molecule has 0 aliphatic carbocycles. The van der Waals surface area contributed by atoms with Crippen LogP contribution in [0, 0.1) is 0 Å². The fraction of sp³-hybridized carbons (Fsp3) is 0.400. The van der Waals surface area contributed by atoms with E-state index >= 15 is 0 Å². The molecule has 1 rings (SSSR count). The van der Waals surface area contributed by atoms with Crippen molar-refractivity contribution < 1.29 is 9.84 Å². The van der Waals surface area contributed by atoms with E-state index in [1.807, 2.05) is 0 Å². The van der Waals surface area contributed by atoms with Crippen LogP contribution in [0.5, 0.6) is 5.88 Å². The van der Waals surface area contributed by atoms with Crippen molar-refractivity contribution in [3.05, 3.63) is 10.9 Å². The summed E-state index contributed by atoms with van der Waals surface area (Å²) in [5, 5.41) is 10.4. The first-order chi connectivity index (χ1) is 4.38. The molecule has 0 bridgehead atoms. The Morgan fingerprint density at radius 1 is 1.89 bits per heavy atom. The van der Waals surface area contributed by atoms with E-state index in [2.05, 4.69) is 4.37 Å². The van der Waals surface area contributed by atoms with Gasteiger partial charge in [0.1, 0.15) is 0 Å². The molecule has 0 spiro atoms. The van der Waals surface area contributed by atoms with Gasteiger partial charge in [0.15, 0.2) is 0 Å². The second-order valence-corrected chi connectivity index (χ2v) is 2.14. The van der Waals surface area contributed by atoms with E-state index in [9.17, 15) is 0 Å². The smallest absolute Gasteiger partial charge is 0.230 e. The molecule has 1 aromatic rings. The molecule has 0 saturated carbocycles. The molecule has 3 nitrogen and oxygen atoms in total. The first-order valence-electron chi connectivity index (χ1n) is 2.46. The molecule has 1 N–H and O–H groups in total. The quantitative estimate of drug-likeness (QED) is 0.664. The second kappa shape index (κ2) is 2.80. The number of hydrogen-bond donors (Lipinski definition) is 1. The Kier molecular flexibility index (Phi) is 2.02. The molecule has 0 amide bonds. The van der Waals surface area contributed by atoms with Crippen molar-refractivity contribution in [2.24, 2.45) is 0 Å². The zero-order valence-corrected chi connectivity index (χ0v) is 5.81. The fourth-order valence-corrected chi connectivity index (χ4v) is 1.16. The highest BCUT2D eigenvalue weighted by atomic mass is 32.1. The Morgan fingerprint density at radius 2 is 2.67 bits per heavy atom. The molecule has 0 radical (unpaired) electrons. The molecule has 4 heteroatoms. The van der Waals surface area contributed by atoms with Gasteiger partial charge in [-0.25, -0.2) is 0 Å². The first-order valence-corrected chi connectivity index (χ1v) is 3.30. The van der Waals surface area contributed by atoms with Crippen molar-refractivity contribution in [1.82, 2.24) is 4.37 Å². The molecule has 0 saturated heterocycles. The van der Waals surface area contributed by atoms with Gasteiger partial charge in [0, 0.05) is 5.38 Å². The zero-order valence-electron chi connectivity index (χ0n) is 5.00. The molecule has 0 atom stereocenters. The minimum atomic E-state index is -0.000324. The SMILES string of the molecule is COc1nscc1CO. The number of rotatable bonds is 2. The maximum atomic E-state index is 8.63. The van der Waals surface area contributed by atoms with Crippen LogP contribution < -0.4 is 4.74 Å². The van der Waals surface area contributed by atoms with E-state index < -0.39 is 0 Å². The Bertz CT molecular complexity index is 168. The number of hydrogen-bond acceptors (Lipinski definition) is 4. The maximum absolute atomic E-state index is 8.63. The number of methoxy groups -OCH3 is 1. The topological polar surface area (TPSA) is 42.4 Å². The summed E-state index contributed by atoms with van der Waals surface area (Å²) in [6, 6.07) is 0. The van der Waals surface area contributed by atoms with E-state index in [0.717, 1.165) is 5.56 Å². The van der Waals surface area contributed by atoms with E-state index in [-0.39, 0.29) is 6.61 Å². The predicted octanol–water partition coefficient (Wildman–Crippen LogP) is 0.644. The summed E-state index contributed by atoms with van der Waals surface area (Å²) >= 11 is 1.28. The summed E-state index contributed by atoms with van der Waals surface area (Å²) in [7, 11) is 1.54. The molecule has 0 aliphatic rings. The third-order valence-corrected chi connectivity index (χ3v) is 1.63. The second-order valence-electron chi connectivity index (χ2n) is 1.51. The van der Waals surface area contributed by atoms with E-state index in [0.29, 0.717) is 5.88 Å². The van der Waals surface area contributed by atoms with Gasteiger partial charge in [0.25, 0.3) is 0 Å². The van der Waals surface area contributed by atoms with E-state index in [1.165, 1.54) is 18.6 Å². The van der Waals surface area contributed by atoms with Crippen LogP contribution in [-0.2, 0) is 6.61 Å². The van der Waals surface area contributed by atoms with E-state index in [1.54, 1.807) is 5.38 Å². The van der Waals surface area contributed by atoms with Crippen molar-refractivity contribution in [2.45, 2.75) is 6.61 Å². The summed E-state index contributed by atoms with van der Waals surface area (Å²) in [5.74, 6) is 0.530. The van der Waals surface area contributed by atoms with Crippen LogP contribution in [0.2, 0.25) is 0 Å². The van der Waals surface area contributed by atoms with Crippen molar-refractivity contribution in [3.8, 4) is 5.88 Å². The van der Waals surface area contributed by atoms with Crippen LogP contribution in [0.4, 0.5) is 0 Å². The Balaban J connectivity index is 2.85. The molecule has 50 valence electrons. The van der Waals surface area contributed by atoms with Crippen molar-refractivity contribution in [2.75, 3.05) is 7.11 Å². The molecule has 0 aliphatic heterocycles. The molecule has 1 aromatic heterocycles. The molecule has 0 unspecified atom stereocenters. The summed E-state index contributed by atoms with van der Waals surface area (Å²) < 4.78 is 8.68. The van der Waals surface area contributed by atoms with Crippen molar-refractivity contribution >= 4 is 11.5 Å². The average molecular weight is 145 g/mol. The first kappa shape index (κ1) is 6.51. The number of aliphatic hydroxyl groups excluding tert-OH is 1. The maximum Gasteiger partial charge on any atom is 0.230 e. The minimum absolute atomic E-state index is 0.000324. The number of aliphatic hydroxyl groups is 1. The van der Waals surface area contributed by atoms with Crippen LogP contribution in [-0.4, -0.2) is 16.6 Å². The normalized spacial score (nSPS) is 9.56. The van der Waals surface area contributed by atoms with Crippen LogP contribution in [0.1, 0.15) is 5.56 Å².